The fraction of sp³-hybridized carbons (Fsp3) is 0.667. The van der Waals surface area contributed by atoms with Gasteiger partial charge in [0.25, 0.3) is 0 Å². The van der Waals surface area contributed by atoms with Gasteiger partial charge in [-0.25, -0.2) is 0 Å². The van der Waals surface area contributed by atoms with E-state index in [1.54, 1.807) is 0 Å². The van der Waals surface area contributed by atoms with Gasteiger partial charge < -0.3 is 10.1 Å². The lowest BCUT2D eigenvalue weighted by Gasteiger charge is -2.32. The maximum absolute atomic E-state index is 6.05. The van der Waals surface area contributed by atoms with E-state index in [2.05, 4.69) is 65.1 Å². The van der Waals surface area contributed by atoms with Crippen LogP contribution in [0.15, 0.2) is 18.2 Å². The SMILES string of the molecule is CCCNC(c1cc(C)ccc1C)C(OCC)C(C)C. The number of ether oxygens (including phenoxy) is 1. The molecule has 0 aliphatic rings. The summed E-state index contributed by atoms with van der Waals surface area (Å²) in [7, 11) is 0. The van der Waals surface area contributed by atoms with E-state index in [0.29, 0.717) is 5.92 Å². The summed E-state index contributed by atoms with van der Waals surface area (Å²) in [6, 6.07) is 6.97. The molecule has 2 heteroatoms. The van der Waals surface area contributed by atoms with E-state index in [9.17, 15) is 0 Å². The summed E-state index contributed by atoms with van der Waals surface area (Å²) in [5.74, 6) is 0.490. The molecule has 0 saturated heterocycles. The summed E-state index contributed by atoms with van der Waals surface area (Å²) in [5, 5.41) is 3.70. The molecule has 1 aromatic rings. The Morgan fingerprint density at radius 3 is 2.40 bits per heavy atom. The van der Waals surface area contributed by atoms with E-state index < -0.39 is 0 Å². The molecule has 0 aliphatic carbocycles. The van der Waals surface area contributed by atoms with Crippen LogP contribution in [0.4, 0.5) is 0 Å². The molecule has 114 valence electrons. The molecule has 20 heavy (non-hydrogen) atoms. The third-order valence-electron chi connectivity index (χ3n) is 3.73. The number of hydrogen-bond acceptors (Lipinski definition) is 2. The van der Waals surface area contributed by atoms with Gasteiger partial charge in [-0.2, -0.15) is 0 Å². The van der Waals surface area contributed by atoms with Gasteiger partial charge in [-0.05, 0) is 50.8 Å². The van der Waals surface area contributed by atoms with Crippen molar-refractivity contribution in [1.29, 1.82) is 0 Å². The summed E-state index contributed by atoms with van der Waals surface area (Å²) in [5.41, 5.74) is 4.04. The summed E-state index contributed by atoms with van der Waals surface area (Å²) in [6.45, 7) is 14.9. The molecule has 0 fully saturated rings. The molecule has 0 bridgehead atoms. The smallest absolute Gasteiger partial charge is 0.0792 e. The minimum absolute atomic E-state index is 0.215. The van der Waals surface area contributed by atoms with Crippen molar-refractivity contribution in [3.8, 4) is 0 Å². The minimum Gasteiger partial charge on any atom is -0.376 e. The van der Waals surface area contributed by atoms with Crippen molar-refractivity contribution in [1.82, 2.24) is 5.32 Å². The molecule has 0 heterocycles. The van der Waals surface area contributed by atoms with Gasteiger partial charge >= 0.3 is 0 Å². The first-order chi connectivity index (χ1) is 9.51. The molecule has 0 radical (unpaired) electrons. The number of aryl methyl sites for hydroxylation is 2. The highest BCUT2D eigenvalue weighted by atomic mass is 16.5. The van der Waals surface area contributed by atoms with E-state index in [1.807, 2.05) is 0 Å². The number of hydrogen-bond donors (Lipinski definition) is 1. The Labute approximate surface area is 124 Å². The second-order valence-electron chi connectivity index (χ2n) is 5.96. The molecule has 1 aromatic carbocycles. The molecular weight excluding hydrogens is 246 g/mol. The van der Waals surface area contributed by atoms with Gasteiger partial charge in [0.1, 0.15) is 0 Å². The van der Waals surface area contributed by atoms with Crippen LogP contribution >= 0.6 is 0 Å². The zero-order chi connectivity index (χ0) is 15.1. The Kier molecular flexibility index (Phi) is 7.25. The van der Waals surface area contributed by atoms with Crippen molar-refractivity contribution in [2.45, 2.75) is 60.1 Å². The standard InChI is InChI=1S/C18H31NO/c1-7-11-19-17(18(13(3)4)20-8-2)16-12-14(5)9-10-15(16)6/h9-10,12-13,17-19H,7-8,11H2,1-6H3. The number of nitrogens with one attached hydrogen (secondary N) is 1. The van der Waals surface area contributed by atoms with Crippen molar-refractivity contribution in [3.63, 3.8) is 0 Å². The third kappa shape index (κ3) is 4.60. The molecule has 1 rings (SSSR count). The van der Waals surface area contributed by atoms with Crippen LogP contribution in [-0.2, 0) is 4.74 Å². The number of rotatable bonds is 8. The van der Waals surface area contributed by atoms with E-state index >= 15 is 0 Å². The predicted octanol–water partition coefficient (Wildman–Crippen LogP) is 4.41. The predicted molar refractivity (Wildman–Crippen MR) is 87.2 cm³/mol. The maximum atomic E-state index is 6.05. The normalized spacial score (nSPS) is 14.6. The lowest BCUT2D eigenvalue weighted by molar-refractivity contribution is 0.00268. The maximum Gasteiger partial charge on any atom is 0.0792 e. The lowest BCUT2D eigenvalue weighted by Crippen LogP contribution is -2.38. The van der Waals surface area contributed by atoms with Gasteiger partial charge in [-0.3, -0.25) is 0 Å². The number of benzene rings is 1. The summed E-state index contributed by atoms with van der Waals surface area (Å²) in [6.07, 6.45) is 1.35. The average Bonchev–Trinajstić information content (AvgIpc) is 2.41. The van der Waals surface area contributed by atoms with Crippen LogP contribution in [0.25, 0.3) is 0 Å². The Hall–Kier alpha value is -0.860. The van der Waals surface area contributed by atoms with Crippen LogP contribution in [0.2, 0.25) is 0 Å². The van der Waals surface area contributed by atoms with Gasteiger partial charge in [-0.1, -0.05) is 44.5 Å². The van der Waals surface area contributed by atoms with Gasteiger partial charge in [0.2, 0.25) is 0 Å². The molecule has 0 saturated carbocycles. The quantitative estimate of drug-likeness (QED) is 0.760. The largest absolute Gasteiger partial charge is 0.376 e. The molecule has 1 N–H and O–H groups in total. The van der Waals surface area contributed by atoms with E-state index in [1.165, 1.54) is 16.7 Å². The zero-order valence-electron chi connectivity index (χ0n) is 14.0. The van der Waals surface area contributed by atoms with Gasteiger partial charge in [-0.15, -0.1) is 0 Å². The van der Waals surface area contributed by atoms with Crippen LogP contribution < -0.4 is 5.32 Å². The molecule has 0 aromatic heterocycles. The average molecular weight is 277 g/mol. The fourth-order valence-electron chi connectivity index (χ4n) is 2.66. The zero-order valence-corrected chi connectivity index (χ0v) is 14.0. The van der Waals surface area contributed by atoms with Gasteiger partial charge in [0.05, 0.1) is 12.1 Å². The van der Waals surface area contributed by atoms with E-state index in [0.717, 1.165) is 19.6 Å². The van der Waals surface area contributed by atoms with E-state index in [4.69, 9.17) is 4.74 Å². The monoisotopic (exact) mass is 277 g/mol. The van der Waals surface area contributed by atoms with Crippen LogP contribution in [0, 0.1) is 19.8 Å². The van der Waals surface area contributed by atoms with Crippen molar-refractivity contribution >= 4 is 0 Å². The molecule has 0 aliphatic heterocycles. The molecule has 2 unspecified atom stereocenters. The van der Waals surface area contributed by atoms with Crippen molar-refractivity contribution in [3.05, 3.63) is 34.9 Å². The van der Waals surface area contributed by atoms with Crippen LogP contribution in [0.5, 0.6) is 0 Å². The minimum atomic E-state index is 0.215. The third-order valence-corrected chi connectivity index (χ3v) is 3.73. The second kappa shape index (κ2) is 8.43. The first-order valence-electron chi connectivity index (χ1n) is 7.93. The molecule has 2 nitrogen and oxygen atoms in total. The van der Waals surface area contributed by atoms with Gasteiger partial charge in [0, 0.05) is 6.61 Å². The molecule has 0 spiro atoms. The Balaban J connectivity index is 3.11. The summed E-state index contributed by atoms with van der Waals surface area (Å²) in [4.78, 5) is 0. The molecule has 2 atom stereocenters. The van der Waals surface area contributed by atoms with Crippen molar-refractivity contribution in [2.75, 3.05) is 13.2 Å². The molecular formula is C18H31NO. The summed E-state index contributed by atoms with van der Waals surface area (Å²) < 4.78 is 6.05. The van der Waals surface area contributed by atoms with Crippen LogP contribution in [-0.4, -0.2) is 19.3 Å². The van der Waals surface area contributed by atoms with Crippen LogP contribution in [0.3, 0.4) is 0 Å². The van der Waals surface area contributed by atoms with E-state index in [-0.39, 0.29) is 12.1 Å². The van der Waals surface area contributed by atoms with Crippen LogP contribution in [0.1, 0.15) is 56.8 Å². The highest BCUT2D eigenvalue weighted by molar-refractivity contribution is 5.33. The summed E-state index contributed by atoms with van der Waals surface area (Å²) >= 11 is 0. The fourth-order valence-corrected chi connectivity index (χ4v) is 2.66. The Morgan fingerprint density at radius 2 is 1.85 bits per heavy atom. The first kappa shape index (κ1) is 17.2. The molecule has 0 amide bonds. The van der Waals surface area contributed by atoms with Crippen molar-refractivity contribution in [2.24, 2.45) is 5.92 Å². The lowest BCUT2D eigenvalue weighted by atomic mass is 9.89. The topological polar surface area (TPSA) is 21.3 Å². The highest BCUT2D eigenvalue weighted by Gasteiger charge is 2.27. The van der Waals surface area contributed by atoms with Crippen molar-refractivity contribution < 1.29 is 4.74 Å². The Morgan fingerprint density at radius 1 is 1.15 bits per heavy atom. The Bertz CT molecular complexity index is 400. The first-order valence-corrected chi connectivity index (χ1v) is 7.93. The van der Waals surface area contributed by atoms with Gasteiger partial charge in [0.15, 0.2) is 0 Å². The second-order valence-corrected chi connectivity index (χ2v) is 5.96. The highest BCUT2D eigenvalue weighted by Crippen LogP contribution is 2.28.